The zero-order valence-corrected chi connectivity index (χ0v) is 12.3. The Kier molecular flexibility index (Phi) is 6.72. The van der Waals surface area contributed by atoms with Gasteiger partial charge in [-0.05, 0) is 0 Å². The van der Waals surface area contributed by atoms with Gasteiger partial charge in [-0.15, -0.1) is 18.2 Å². The summed E-state index contributed by atoms with van der Waals surface area (Å²) in [7, 11) is 0. The van der Waals surface area contributed by atoms with Gasteiger partial charge in [-0.2, -0.15) is 17.4 Å². The van der Waals surface area contributed by atoms with Gasteiger partial charge in [-0.3, -0.25) is 0 Å². The molecular formula is C18H12FeN2-6. The van der Waals surface area contributed by atoms with E-state index in [1.165, 1.54) is 0 Å². The van der Waals surface area contributed by atoms with Gasteiger partial charge in [0.25, 0.3) is 0 Å². The van der Waals surface area contributed by atoms with Gasteiger partial charge in [0.15, 0.2) is 0 Å². The van der Waals surface area contributed by atoms with Crippen molar-refractivity contribution in [3.8, 4) is 23.3 Å². The second kappa shape index (κ2) is 8.56. The summed E-state index contributed by atoms with van der Waals surface area (Å²) in [4.78, 5) is 0. The van der Waals surface area contributed by atoms with E-state index in [0.29, 0.717) is 11.1 Å². The normalized spacial score (nSPS) is 8.48. The van der Waals surface area contributed by atoms with E-state index in [2.05, 4.69) is 6.07 Å². The molecule has 0 heterocycles. The van der Waals surface area contributed by atoms with Crippen molar-refractivity contribution in [1.82, 2.24) is 0 Å². The first-order chi connectivity index (χ1) is 9.86. The maximum atomic E-state index is 9.03. The Bertz CT molecular complexity index is 709. The molecule has 0 saturated heterocycles. The van der Waals surface area contributed by atoms with Gasteiger partial charge in [0, 0.05) is 28.2 Å². The van der Waals surface area contributed by atoms with E-state index in [1.54, 1.807) is 12.1 Å². The minimum atomic E-state index is 0. The van der Waals surface area contributed by atoms with Crippen LogP contribution in [0.2, 0.25) is 0 Å². The SMILES string of the molecule is N#Cc1cccc(-[c-]2cccc2)c1C#N.[Fe].[cH-]1[cH-][cH-][cH-][cH-]1. The van der Waals surface area contributed by atoms with Gasteiger partial charge < -0.3 is 30.3 Å². The summed E-state index contributed by atoms with van der Waals surface area (Å²) in [6.45, 7) is 0. The van der Waals surface area contributed by atoms with Gasteiger partial charge in [-0.25, -0.2) is 5.26 Å². The molecule has 3 rings (SSSR count). The van der Waals surface area contributed by atoms with Crippen molar-refractivity contribution in [2.24, 2.45) is 0 Å². The first kappa shape index (κ1) is 16.5. The zero-order chi connectivity index (χ0) is 14.2. The predicted octanol–water partition coefficient (Wildman–Crippen LogP) is 4.22. The molecule has 2 nitrogen and oxygen atoms in total. The van der Waals surface area contributed by atoms with Gasteiger partial charge in [-0.1, -0.05) is 23.3 Å². The van der Waals surface area contributed by atoms with Crippen molar-refractivity contribution in [1.29, 1.82) is 10.5 Å². The molecule has 0 radical (unpaired) electrons. The molecule has 3 aromatic rings. The standard InChI is InChI=1S/C13H7N2.C5H5.Fe/c14-8-11-6-3-7-12(13(11)9-15)10-4-1-2-5-10;1-2-4-5-3-1;/h1-7H;1-5H;/q-1;-5;. The maximum absolute atomic E-state index is 9.03. The van der Waals surface area contributed by atoms with Crippen molar-refractivity contribution in [3.05, 3.63) is 83.9 Å². The van der Waals surface area contributed by atoms with Crippen LogP contribution in [0.15, 0.2) is 72.8 Å². The van der Waals surface area contributed by atoms with Gasteiger partial charge in [0.2, 0.25) is 0 Å². The van der Waals surface area contributed by atoms with E-state index in [1.807, 2.05) is 66.7 Å². The van der Waals surface area contributed by atoms with Crippen LogP contribution in [0.25, 0.3) is 11.1 Å². The smallest absolute Gasteiger partial charge is 0.0922 e. The summed E-state index contributed by atoms with van der Waals surface area (Å²) in [6.07, 6.45) is 0. The molecule has 3 aromatic carbocycles. The van der Waals surface area contributed by atoms with E-state index in [0.717, 1.165) is 11.1 Å². The van der Waals surface area contributed by atoms with Crippen LogP contribution in [0.4, 0.5) is 0 Å². The quantitative estimate of drug-likeness (QED) is 0.499. The fraction of sp³-hybridized carbons (Fsp3) is 0. The first-order valence-corrected chi connectivity index (χ1v) is 6.19. The molecule has 0 aromatic heterocycles. The Balaban J connectivity index is 0.000000313. The molecule has 3 heteroatoms. The minimum Gasteiger partial charge on any atom is -0.748 e. The molecule has 0 bridgehead atoms. The number of rotatable bonds is 1. The molecule has 0 aliphatic rings. The zero-order valence-electron chi connectivity index (χ0n) is 11.2. The fourth-order valence-electron chi connectivity index (χ4n) is 1.88. The summed E-state index contributed by atoms with van der Waals surface area (Å²) < 4.78 is 0. The van der Waals surface area contributed by atoms with Crippen LogP contribution in [0, 0.1) is 22.7 Å². The van der Waals surface area contributed by atoms with Crippen molar-refractivity contribution >= 4 is 0 Å². The molecule has 0 aliphatic heterocycles. The number of nitriles is 2. The largest absolute Gasteiger partial charge is 0.748 e. The van der Waals surface area contributed by atoms with Crippen molar-refractivity contribution in [3.63, 3.8) is 0 Å². The third-order valence-corrected chi connectivity index (χ3v) is 2.83. The Morgan fingerprint density at radius 1 is 0.810 bits per heavy atom. The monoisotopic (exact) mass is 312 g/mol. The van der Waals surface area contributed by atoms with E-state index < -0.39 is 0 Å². The molecule has 0 amide bonds. The minimum absolute atomic E-state index is 0. The van der Waals surface area contributed by atoms with Crippen LogP contribution in [0.1, 0.15) is 11.1 Å². The average Bonchev–Trinajstić information content (AvgIpc) is 3.21. The van der Waals surface area contributed by atoms with Crippen LogP contribution < -0.4 is 0 Å². The molecular weight excluding hydrogens is 300 g/mol. The van der Waals surface area contributed by atoms with Gasteiger partial charge in [0.05, 0.1) is 12.1 Å². The number of hydrogen-bond donors (Lipinski definition) is 0. The van der Waals surface area contributed by atoms with E-state index in [9.17, 15) is 0 Å². The van der Waals surface area contributed by atoms with E-state index in [-0.39, 0.29) is 17.1 Å². The summed E-state index contributed by atoms with van der Waals surface area (Å²) in [5.74, 6) is 0. The molecule has 0 N–H and O–H groups in total. The molecule has 0 atom stereocenters. The Hall–Kier alpha value is -2.58. The molecule has 108 valence electrons. The molecule has 0 saturated carbocycles. The second-order valence-corrected chi connectivity index (χ2v) is 4.09. The first-order valence-electron chi connectivity index (χ1n) is 6.19. The fourth-order valence-corrected chi connectivity index (χ4v) is 1.88. The van der Waals surface area contributed by atoms with Crippen molar-refractivity contribution < 1.29 is 17.1 Å². The Labute approximate surface area is 135 Å². The number of nitrogens with zero attached hydrogens (tertiary/aromatic N) is 2. The summed E-state index contributed by atoms with van der Waals surface area (Å²) in [6, 6.07) is 27.1. The average molecular weight is 312 g/mol. The molecule has 21 heavy (non-hydrogen) atoms. The summed E-state index contributed by atoms with van der Waals surface area (Å²) >= 11 is 0. The second-order valence-electron chi connectivity index (χ2n) is 4.09. The van der Waals surface area contributed by atoms with Crippen LogP contribution in [0.5, 0.6) is 0 Å². The Morgan fingerprint density at radius 2 is 1.38 bits per heavy atom. The summed E-state index contributed by atoms with van der Waals surface area (Å²) in [5, 5.41) is 17.9. The van der Waals surface area contributed by atoms with Crippen molar-refractivity contribution in [2.75, 3.05) is 0 Å². The molecule has 0 unspecified atom stereocenters. The number of benzene rings is 1. The third-order valence-electron chi connectivity index (χ3n) is 2.83. The topological polar surface area (TPSA) is 47.6 Å². The molecule has 0 spiro atoms. The third kappa shape index (κ3) is 4.20. The predicted molar refractivity (Wildman–Crippen MR) is 78.9 cm³/mol. The molecule has 0 fully saturated rings. The maximum Gasteiger partial charge on any atom is 0.0922 e. The van der Waals surface area contributed by atoms with Gasteiger partial charge >= 0.3 is 0 Å². The van der Waals surface area contributed by atoms with E-state index >= 15 is 0 Å². The van der Waals surface area contributed by atoms with Crippen LogP contribution >= 0.6 is 0 Å². The summed E-state index contributed by atoms with van der Waals surface area (Å²) in [5.41, 5.74) is 2.67. The van der Waals surface area contributed by atoms with Gasteiger partial charge in [0.1, 0.15) is 0 Å². The number of hydrogen-bond acceptors (Lipinski definition) is 2. The van der Waals surface area contributed by atoms with E-state index in [4.69, 9.17) is 10.5 Å². The van der Waals surface area contributed by atoms with Crippen LogP contribution in [0.3, 0.4) is 0 Å². The Morgan fingerprint density at radius 3 is 1.86 bits per heavy atom. The molecule has 0 aliphatic carbocycles. The van der Waals surface area contributed by atoms with Crippen LogP contribution in [-0.4, -0.2) is 0 Å². The van der Waals surface area contributed by atoms with Crippen LogP contribution in [-0.2, 0) is 17.1 Å². The van der Waals surface area contributed by atoms with Crippen molar-refractivity contribution in [2.45, 2.75) is 0 Å².